The summed E-state index contributed by atoms with van der Waals surface area (Å²) < 4.78 is 12.8. The van der Waals surface area contributed by atoms with E-state index in [1.165, 1.54) is 30.3 Å². The van der Waals surface area contributed by atoms with Gasteiger partial charge in [0.05, 0.1) is 0 Å². The lowest BCUT2D eigenvalue weighted by Gasteiger charge is -2.01. The fourth-order valence-corrected chi connectivity index (χ4v) is 1.82. The minimum absolute atomic E-state index is 0.124. The molecule has 0 bridgehead atoms. The van der Waals surface area contributed by atoms with E-state index in [1.807, 2.05) is 32.0 Å². The highest BCUT2D eigenvalue weighted by Gasteiger charge is 2.02. The number of allylic oxidation sites excluding steroid dienone is 1. The highest BCUT2D eigenvalue weighted by Crippen LogP contribution is 2.13. The Morgan fingerprint density at radius 1 is 1.05 bits per heavy atom. The lowest BCUT2D eigenvalue weighted by atomic mass is 10.0. The summed E-state index contributed by atoms with van der Waals surface area (Å²) in [5, 5.41) is 0. The van der Waals surface area contributed by atoms with Gasteiger partial charge in [0.1, 0.15) is 5.82 Å². The molecule has 19 heavy (non-hydrogen) atoms. The van der Waals surface area contributed by atoms with Crippen molar-refractivity contribution in [2.45, 2.75) is 13.8 Å². The molecule has 0 saturated heterocycles. The number of carbonyl (C=O) groups excluding carboxylic acids is 1. The fourth-order valence-electron chi connectivity index (χ4n) is 1.82. The maximum atomic E-state index is 12.8. The van der Waals surface area contributed by atoms with Crippen LogP contribution >= 0.6 is 0 Å². The molecule has 0 amide bonds. The number of aryl methyl sites for hydroxylation is 2. The first-order chi connectivity index (χ1) is 9.06. The lowest BCUT2D eigenvalue weighted by molar-refractivity contribution is 0.104. The van der Waals surface area contributed by atoms with Crippen molar-refractivity contribution in [3.05, 3.63) is 76.6 Å². The average Bonchev–Trinajstić information content (AvgIpc) is 2.40. The molecule has 0 radical (unpaired) electrons. The van der Waals surface area contributed by atoms with Crippen molar-refractivity contribution >= 4 is 11.9 Å². The minimum Gasteiger partial charge on any atom is -0.289 e. The van der Waals surface area contributed by atoms with Crippen molar-refractivity contribution < 1.29 is 9.18 Å². The van der Waals surface area contributed by atoms with Crippen LogP contribution in [0.15, 0.2) is 48.5 Å². The predicted octanol–water partition coefficient (Wildman–Crippen LogP) is 4.34. The number of benzene rings is 2. The molecule has 0 saturated carbocycles. The molecule has 2 heteroatoms. The Labute approximate surface area is 112 Å². The third-order valence-electron chi connectivity index (χ3n) is 2.98. The molecule has 0 aromatic heterocycles. The Morgan fingerprint density at radius 2 is 1.74 bits per heavy atom. The Hall–Kier alpha value is -2.22. The van der Waals surface area contributed by atoms with Crippen molar-refractivity contribution in [3.8, 4) is 0 Å². The summed E-state index contributed by atoms with van der Waals surface area (Å²) in [4.78, 5) is 11.9. The smallest absolute Gasteiger partial charge is 0.185 e. The Bertz CT molecular complexity index is 624. The van der Waals surface area contributed by atoms with Crippen molar-refractivity contribution in [2.75, 3.05) is 0 Å². The third-order valence-corrected chi connectivity index (χ3v) is 2.98. The van der Waals surface area contributed by atoms with Crippen LogP contribution in [0.25, 0.3) is 6.08 Å². The van der Waals surface area contributed by atoms with Gasteiger partial charge in [0, 0.05) is 5.56 Å². The van der Waals surface area contributed by atoms with Gasteiger partial charge in [0.15, 0.2) is 5.78 Å². The number of rotatable bonds is 3. The number of hydrogen-bond donors (Lipinski definition) is 0. The lowest BCUT2D eigenvalue weighted by Crippen LogP contribution is -1.94. The number of halogens is 1. The molecule has 0 aliphatic carbocycles. The van der Waals surface area contributed by atoms with Crippen LogP contribution in [-0.2, 0) is 0 Å². The number of hydrogen-bond acceptors (Lipinski definition) is 1. The van der Waals surface area contributed by atoms with E-state index in [0.29, 0.717) is 5.56 Å². The molecule has 0 heterocycles. The van der Waals surface area contributed by atoms with E-state index in [9.17, 15) is 9.18 Å². The van der Waals surface area contributed by atoms with Crippen LogP contribution in [-0.4, -0.2) is 5.78 Å². The van der Waals surface area contributed by atoms with E-state index in [1.54, 1.807) is 6.08 Å². The molecule has 0 N–H and O–H groups in total. The van der Waals surface area contributed by atoms with E-state index in [-0.39, 0.29) is 11.6 Å². The van der Waals surface area contributed by atoms with Crippen LogP contribution in [0, 0.1) is 19.7 Å². The van der Waals surface area contributed by atoms with Crippen molar-refractivity contribution in [3.63, 3.8) is 0 Å². The highest BCUT2D eigenvalue weighted by atomic mass is 19.1. The molecule has 0 aliphatic heterocycles. The van der Waals surface area contributed by atoms with Gasteiger partial charge in [-0.1, -0.05) is 29.8 Å². The van der Waals surface area contributed by atoms with E-state index >= 15 is 0 Å². The molecule has 1 nitrogen and oxygen atoms in total. The first kappa shape index (κ1) is 13.2. The first-order valence-corrected chi connectivity index (χ1v) is 6.11. The maximum absolute atomic E-state index is 12.8. The molecule has 2 rings (SSSR count). The average molecular weight is 254 g/mol. The molecular weight excluding hydrogens is 239 g/mol. The van der Waals surface area contributed by atoms with Gasteiger partial charge in [0.25, 0.3) is 0 Å². The second-order valence-electron chi connectivity index (χ2n) is 4.56. The van der Waals surface area contributed by atoms with Gasteiger partial charge in [-0.2, -0.15) is 0 Å². The molecular formula is C17H15FO. The normalized spacial score (nSPS) is 10.9. The van der Waals surface area contributed by atoms with Crippen LogP contribution in [0.5, 0.6) is 0 Å². The van der Waals surface area contributed by atoms with Crippen LogP contribution in [0.1, 0.15) is 27.0 Å². The SMILES string of the molecule is Cc1ccc(C)c(/C=C/C(=O)c2ccc(F)cc2)c1. The van der Waals surface area contributed by atoms with E-state index < -0.39 is 0 Å². The van der Waals surface area contributed by atoms with Gasteiger partial charge < -0.3 is 0 Å². The summed E-state index contributed by atoms with van der Waals surface area (Å²) in [5.41, 5.74) is 3.78. The Balaban J connectivity index is 2.20. The van der Waals surface area contributed by atoms with E-state index in [2.05, 4.69) is 0 Å². The summed E-state index contributed by atoms with van der Waals surface area (Å²) in [6.45, 7) is 4.01. The molecule has 0 spiro atoms. The van der Waals surface area contributed by atoms with Crippen LogP contribution in [0.3, 0.4) is 0 Å². The predicted molar refractivity (Wildman–Crippen MR) is 75.7 cm³/mol. The minimum atomic E-state index is -0.338. The van der Waals surface area contributed by atoms with Crippen LogP contribution in [0.2, 0.25) is 0 Å². The molecule has 0 unspecified atom stereocenters. The second kappa shape index (κ2) is 5.61. The van der Waals surface area contributed by atoms with Gasteiger partial charge in [-0.05, 0) is 55.3 Å². The van der Waals surface area contributed by atoms with E-state index in [4.69, 9.17) is 0 Å². The van der Waals surface area contributed by atoms with Crippen LogP contribution in [0.4, 0.5) is 4.39 Å². The van der Waals surface area contributed by atoms with Crippen molar-refractivity contribution in [2.24, 2.45) is 0 Å². The van der Waals surface area contributed by atoms with Gasteiger partial charge in [-0.15, -0.1) is 0 Å². The summed E-state index contributed by atoms with van der Waals surface area (Å²) in [6, 6.07) is 11.7. The maximum Gasteiger partial charge on any atom is 0.185 e. The first-order valence-electron chi connectivity index (χ1n) is 6.11. The highest BCUT2D eigenvalue weighted by molar-refractivity contribution is 6.06. The molecule has 2 aromatic rings. The molecule has 0 aliphatic rings. The Morgan fingerprint density at radius 3 is 2.42 bits per heavy atom. The molecule has 2 aromatic carbocycles. The van der Waals surface area contributed by atoms with Gasteiger partial charge >= 0.3 is 0 Å². The standard InChI is InChI=1S/C17H15FO/c1-12-3-4-13(2)15(11-12)7-10-17(19)14-5-8-16(18)9-6-14/h3-11H,1-2H3/b10-7+. The quantitative estimate of drug-likeness (QED) is 0.588. The summed E-state index contributed by atoms with van der Waals surface area (Å²) in [5.74, 6) is -0.462. The van der Waals surface area contributed by atoms with Gasteiger partial charge in [-0.3, -0.25) is 4.79 Å². The monoisotopic (exact) mass is 254 g/mol. The largest absolute Gasteiger partial charge is 0.289 e. The second-order valence-corrected chi connectivity index (χ2v) is 4.56. The summed E-state index contributed by atoms with van der Waals surface area (Å²) in [6.07, 6.45) is 3.32. The van der Waals surface area contributed by atoms with Crippen molar-refractivity contribution in [1.29, 1.82) is 0 Å². The topological polar surface area (TPSA) is 17.1 Å². The van der Waals surface area contributed by atoms with Crippen molar-refractivity contribution in [1.82, 2.24) is 0 Å². The zero-order valence-corrected chi connectivity index (χ0v) is 11.0. The third kappa shape index (κ3) is 3.38. The number of carbonyl (C=O) groups is 1. The molecule has 96 valence electrons. The zero-order valence-electron chi connectivity index (χ0n) is 11.0. The van der Waals surface area contributed by atoms with Gasteiger partial charge in [0.2, 0.25) is 0 Å². The zero-order chi connectivity index (χ0) is 13.8. The molecule has 0 fully saturated rings. The fraction of sp³-hybridized carbons (Fsp3) is 0.118. The van der Waals surface area contributed by atoms with Gasteiger partial charge in [-0.25, -0.2) is 4.39 Å². The Kier molecular flexibility index (Phi) is 3.91. The molecule has 0 atom stereocenters. The number of ketones is 1. The summed E-state index contributed by atoms with van der Waals surface area (Å²) >= 11 is 0. The summed E-state index contributed by atoms with van der Waals surface area (Å²) in [7, 11) is 0. The van der Waals surface area contributed by atoms with Crippen LogP contribution < -0.4 is 0 Å². The van der Waals surface area contributed by atoms with E-state index in [0.717, 1.165) is 16.7 Å².